The molecule has 168 valence electrons. The molecule has 5 nitrogen and oxygen atoms in total. The maximum atomic E-state index is 14.1. The topological polar surface area (TPSA) is 53.6 Å². The molecule has 7 heteroatoms. The molecule has 3 atom stereocenters. The van der Waals surface area contributed by atoms with Crippen LogP contribution >= 0.6 is 12.2 Å². The van der Waals surface area contributed by atoms with Crippen LogP contribution in [0.4, 0.5) is 15.8 Å². The number of ether oxygens (including phenoxy) is 1. The Morgan fingerprint density at radius 2 is 1.91 bits per heavy atom. The predicted octanol–water partition coefficient (Wildman–Crippen LogP) is 5.24. The molecule has 2 aliphatic rings. The van der Waals surface area contributed by atoms with Gasteiger partial charge in [-0.2, -0.15) is 0 Å². The van der Waals surface area contributed by atoms with Crippen molar-refractivity contribution in [2.75, 3.05) is 10.2 Å². The smallest absolute Gasteiger partial charge is 0.236 e. The Labute approximate surface area is 197 Å². The van der Waals surface area contributed by atoms with Gasteiger partial charge in [-0.05, 0) is 68.9 Å². The number of anilines is 2. The maximum absolute atomic E-state index is 14.1. The first kappa shape index (κ1) is 21.4. The number of carbonyl (C=O) groups is 1. The van der Waals surface area contributed by atoms with Crippen LogP contribution in [-0.2, 0) is 4.79 Å². The van der Waals surface area contributed by atoms with Crippen molar-refractivity contribution in [1.82, 2.24) is 5.32 Å². The first-order valence-corrected chi connectivity index (χ1v) is 11.2. The highest BCUT2D eigenvalue weighted by Gasteiger charge is 2.59. The predicted molar refractivity (Wildman–Crippen MR) is 131 cm³/mol. The summed E-state index contributed by atoms with van der Waals surface area (Å²) in [5.41, 5.74) is 3.02. The summed E-state index contributed by atoms with van der Waals surface area (Å²) in [7, 11) is 0. The van der Waals surface area contributed by atoms with Gasteiger partial charge in [0.2, 0.25) is 5.91 Å². The minimum atomic E-state index is -1.18. The van der Waals surface area contributed by atoms with Gasteiger partial charge in [-0.1, -0.05) is 42.0 Å². The molecular formula is C26H24FN3O2S. The highest BCUT2D eigenvalue weighted by Crippen LogP contribution is 2.49. The lowest BCUT2D eigenvalue weighted by molar-refractivity contribution is -0.130. The lowest BCUT2D eigenvalue weighted by Gasteiger charge is -2.56. The second-order valence-corrected chi connectivity index (χ2v) is 9.11. The van der Waals surface area contributed by atoms with E-state index in [9.17, 15) is 9.18 Å². The molecule has 0 aliphatic carbocycles. The van der Waals surface area contributed by atoms with Crippen molar-refractivity contribution in [3.05, 3.63) is 89.2 Å². The van der Waals surface area contributed by atoms with Gasteiger partial charge in [0.15, 0.2) is 10.8 Å². The lowest BCUT2D eigenvalue weighted by Crippen LogP contribution is -2.72. The second-order valence-electron chi connectivity index (χ2n) is 8.72. The summed E-state index contributed by atoms with van der Waals surface area (Å²) in [5, 5.41) is 6.79. The maximum Gasteiger partial charge on any atom is 0.236 e. The summed E-state index contributed by atoms with van der Waals surface area (Å²) in [6.45, 7) is 5.81. The van der Waals surface area contributed by atoms with Crippen LogP contribution in [0.1, 0.15) is 29.7 Å². The SMILES string of the molecule is Cc1ccc(NC(=O)[C@@H]2[C@H]3NC(=S)N(c4cccc(F)c4)[C@@]2(C)Oc2ccccc23)c(C)c1. The standard InChI is InChI=1S/C26H24FN3O2S/c1-15-11-12-20(16(2)13-15)28-24(31)22-23-19-9-4-5-10-21(19)32-26(22,3)30(25(33)29-23)18-8-6-7-17(27)14-18/h4-14,22-23H,1-3H3,(H,28,31)(H,29,33)/t22-,23-,26-/m0/s1. The number of amides is 1. The summed E-state index contributed by atoms with van der Waals surface area (Å²) in [6.07, 6.45) is 0. The summed E-state index contributed by atoms with van der Waals surface area (Å²) >= 11 is 5.69. The van der Waals surface area contributed by atoms with Gasteiger partial charge in [0.1, 0.15) is 17.5 Å². The summed E-state index contributed by atoms with van der Waals surface area (Å²) < 4.78 is 20.6. The average molecular weight is 462 g/mol. The highest BCUT2D eigenvalue weighted by molar-refractivity contribution is 7.80. The number of nitrogens with one attached hydrogen (secondary N) is 2. The molecule has 2 aliphatic heterocycles. The minimum absolute atomic E-state index is 0.208. The zero-order valence-corrected chi connectivity index (χ0v) is 19.4. The van der Waals surface area contributed by atoms with Crippen LogP contribution in [0.2, 0.25) is 0 Å². The number of rotatable bonds is 3. The van der Waals surface area contributed by atoms with Crippen molar-refractivity contribution < 1.29 is 13.9 Å². The second kappa shape index (κ2) is 7.85. The van der Waals surface area contributed by atoms with Gasteiger partial charge < -0.3 is 15.4 Å². The lowest BCUT2D eigenvalue weighted by atomic mass is 9.78. The third-order valence-electron chi connectivity index (χ3n) is 6.40. The van der Waals surface area contributed by atoms with Crippen LogP contribution in [0.5, 0.6) is 5.75 Å². The molecule has 1 saturated heterocycles. The molecule has 1 amide bonds. The number of thiocarbonyl (C=S) groups is 1. The molecule has 0 radical (unpaired) electrons. The van der Waals surface area contributed by atoms with E-state index in [1.165, 1.54) is 12.1 Å². The van der Waals surface area contributed by atoms with E-state index in [0.717, 1.165) is 22.4 Å². The normalized spacial score (nSPS) is 23.3. The number of para-hydroxylation sites is 1. The minimum Gasteiger partial charge on any atom is -0.467 e. The fourth-order valence-corrected chi connectivity index (χ4v) is 5.31. The molecule has 3 aromatic carbocycles. The largest absolute Gasteiger partial charge is 0.467 e. The van der Waals surface area contributed by atoms with Crippen LogP contribution in [0, 0.1) is 25.6 Å². The molecule has 3 aromatic rings. The first-order chi connectivity index (χ1) is 15.8. The van der Waals surface area contributed by atoms with Crippen molar-refractivity contribution in [3.8, 4) is 5.75 Å². The monoisotopic (exact) mass is 461 g/mol. The van der Waals surface area contributed by atoms with Gasteiger partial charge in [0, 0.05) is 16.9 Å². The first-order valence-electron chi connectivity index (χ1n) is 10.8. The van der Waals surface area contributed by atoms with Gasteiger partial charge >= 0.3 is 0 Å². The van der Waals surface area contributed by atoms with Crippen molar-refractivity contribution >= 4 is 34.6 Å². The highest BCUT2D eigenvalue weighted by atomic mass is 32.1. The Kier molecular flexibility index (Phi) is 5.09. The zero-order valence-electron chi connectivity index (χ0n) is 18.6. The Morgan fingerprint density at radius 1 is 1.12 bits per heavy atom. The number of fused-ring (bicyclic) bond motifs is 4. The van der Waals surface area contributed by atoms with E-state index in [1.807, 2.05) is 63.2 Å². The number of halogens is 1. The molecule has 1 fully saturated rings. The third kappa shape index (κ3) is 3.53. The Hall–Kier alpha value is -3.45. The van der Waals surface area contributed by atoms with Gasteiger partial charge in [-0.15, -0.1) is 0 Å². The molecule has 0 aromatic heterocycles. The fourth-order valence-electron chi connectivity index (χ4n) is 4.90. The third-order valence-corrected chi connectivity index (χ3v) is 6.70. The van der Waals surface area contributed by atoms with E-state index in [1.54, 1.807) is 17.0 Å². The van der Waals surface area contributed by atoms with Gasteiger partial charge in [0.25, 0.3) is 0 Å². The Morgan fingerprint density at radius 3 is 2.67 bits per heavy atom. The Balaban J connectivity index is 1.62. The van der Waals surface area contributed by atoms with Crippen LogP contribution in [0.15, 0.2) is 66.7 Å². The van der Waals surface area contributed by atoms with E-state index in [2.05, 4.69) is 10.6 Å². The molecule has 5 rings (SSSR count). The summed E-state index contributed by atoms with van der Waals surface area (Å²) in [4.78, 5) is 15.5. The van der Waals surface area contributed by atoms with E-state index < -0.39 is 23.5 Å². The summed E-state index contributed by atoms with van der Waals surface area (Å²) in [5.74, 6) is -0.617. The number of aryl methyl sites for hydroxylation is 2. The average Bonchev–Trinajstić information content (AvgIpc) is 2.75. The number of benzene rings is 3. The van der Waals surface area contributed by atoms with Crippen molar-refractivity contribution in [2.24, 2.45) is 5.92 Å². The molecule has 2 bridgehead atoms. The van der Waals surface area contributed by atoms with Crippen molar-refractivity contribution in [1.29, 1.82) is 0 Å². The molecule has 2 N–H and O–H groups in total. The fraction of sp³-hybridized carbons (Fsp3) is 0.231. The molecule has 2 heterocycles. The van der Waals surface area contributed by atoms with Gasteiger partial charge in [-0.3, -0.25) is 9.69 Å². The van der Waals surface area contributed by atoms with Crippen molar-refractivity contribution in [2.45, 2.75) is 32.5 Å². The van der Waals surface area contributed by atoms with E-state index in [-0.39, 0.29) is 5.91 Å². The summed E-state index contributed by atoms with van der Waals surface area (Å²) in [6, 6.07) is 19.2. The zero-order chi connectivity index (χ0) is 23.3. The van der Waals surface area contributed by atoms with Gasteiger partial charge in [-0.25, -0.2) is 4.39 Å². The number of hydrogen-bond acceptors (Lipinski definition) is 3. The molecular weight excluding hydrogens is 437 g/mol. The van der Waals surface area contributed by atoms with E-state index in [0.29, 0.717) is 16.5 Å². The van der Waals surface area contributed by atoms with Crippen LogP contribution in [-0.4, -0.2) is 16.7 Å². The van der Waals surface area contributed by atoms with Gasteiger partial charge in [0.05, 0.1) is 6.04 Å². The molecule has 0 spiro atoms. The number of hydrogen-bond donors (Lipinski definition) is 2. The molecule has 0 unspecified atom stereocenters. The van der Waals surface area contributed by atoms with Crippen LogP contribution in [0.3, 0.4) is 0 Å². The van der Waals surface area contributed by atoms with E-state index >= 15 is 0 Å². The van der Waals surface area contributed by atoms with Crippen LogP contribution < -0.4 is 20.3 Å². The quantitative estimate of drug-likeness (QED) is 0.523. The van der Waals surface area contributed by atoms with E-state index in [4.69, 9.17) is 17.0 Å². The molecule has 0 saturated carbocycles. The number of carbonyl (C=O) groups excluding carboxylic acids is 1. The van der Waals surface area contributed by atoms with Crippen molar-refractivity contribution in [3.63, 3.8) is 0 Å². The Bertz CT molecular complexity index is 1280. The molecule has 33 heavy (non-hydrogen) atoms. The van der Waals surface area contributed by atoms with Crippen LogP contribution in [0.25, 0.3) is 0 Å². The number of nitrogens with zero attached hydrogens (tertiary/aromatic N) is 1.